The van der Waals surface area contributed by atoms with E-state index in [0.717, 1.165) is 24.1 Å². The number of ether oxygens (including phenoxy) is 1. The van der Waals surface area contributed by atoms with E-state index in [9.17, 15) is 13.2 Å². The summed E-state index contributed by atoms with van der Waals surface area (Å²) in [7, 11) is 0. The zero-order valence-corrected chi connectivity index (χ0v) is 8.05. The highest BCUT2D eigenvalue weighted by Crippen LogP contribution is 2.31. The van der Waals surface area contributed by atoms with Crippen LogP contribution >= 0.6 is 0 Å². The normalized spacial score (nSPS) is 21.9. The zero-order chi connectivity index (χ0) is 10.9. The Balaban J connectivity index is 2.16. The first kappa shape index (κ1) is 10.5. The molecule has 15 heavy (non-hydrogen) atoms. The van der Waals surface area contributed by atoms with Crippen LogP contribution in [-0.2, 0) is 10.9 Å². The summed E-state index contributed by atoms with van der Waals surface area (Å²) in [4.78, 5) is 0. The first-order valence-corrected chi connectivity index (χ1v) is 4.82. The largest absolute Gasteiger partial charge is 0.416 e. The fraction of sp³-hybridized carbons (Fsp3) is 0.455. The van der Waals surface area contributed by atoms with E-state index in [-0.39, 0.29) is 5.92 Å². The number of benzene rings is 1. The average Bonchev–Trinajstić information content (AvgIpc) is 2.69. The van der Waals surface area contributed by atoms with Crippen molar-refractivity contribution in [2.45, 2.75) is 18.5 Å². The van der Waals surface area contributed by atoms with Gasteiger partial charge in [0.25, 0.3) is 0 Å². The Morgan fingerprint density at radius 1 is 1.13 bits per heavy atom. The summed E-state index contributed by atoms with van der Waals surface area (Å²) in [5.41, 5.74) is 0.339. The van der Waals surface area contributed by atoms with Crippen molar-refractivity contribution in [3.8, 4) is 0 Å². The molecule has 1 nitrogen and oxygen atoms in total. The van der Waals surface area contributed by atoms with E-state index in [1.807, 2.05) is 0 Å². The molecule has 1 aliphatic rings. The maximum absolute atomic E-state index is 12.3. The molecule has 1 saturated heterocycles. The number of hydrogen-bond acceptors (Lipinski definition) is 1. The van der Waals surface area contributed by atoms with Crippen molar-refractivity contribution < 1.29 is 17.9 Å². The Bertz CT molecular complexity index is 323. The smallest absolute Gasteiger partial charge is 0.381 e. The molecule has 0 unspecified atom stereocenters. The van der Waals surface area contributed by atoms with Gasteiger partial charge in [-0.2, -0.15) is 13.2 Å². The van der Waals surface area contributed by atoms with E-state index in [0.29, 0.717) is 13.2 Å². The minimum atomic E-state index is -4.25. The molecule has 0 bridgehead atoms. The molecule has 82 valence electrons. The molecular weight excluding hydrogens is 205 g/mol. The Labute approximate surface area is 85.9 Å². The third-order valence-corrected chi connectivity index (χ3v) is 2.64. The highest BCUT2D eigenvalue weighted by Gasteiger charge is 2.30. The second-order valence-corrected chi connectivity index (χ2v) is 3.68. The average molecular weight is 216 g/mol. The lowest BCUT2D eigenvalue weighted by molar-refractivity contribution is -0.137. The fourth-order valence-electron chi connectivity index (χ4n) is 1.74. The van der Waals surface area contributed by atoms with E-state index in [4.69, 9.17) is 4.74 Å². The molecule has 1 aromatic carbocycles. The van der Waals surface area contributed by atoms with Gasteiger partial charge in [0.2, 0.25) is 0 Å². The molecule has 0 aromatic heterocycles. The monoisotopic (exact) mass is 216 g/mol. The van der Waals surface area contributed by atoms with Gasteiger partial charge in [-0.3, -0.25) is 0 Å². The summed E-state index contributed by atoms with van der Waals surface area (Å²) in [5.74, 6) is 0.257. The van der Waals surface area contributed by atoms with Crippen molar-refractivity contribution >= 4 is 0 Å². The molecule has 1 fully saturated rings. The minimum absolute atomic E-state index is 0.257. The molecule has 0 spiro atoms. The maximum atomic E-state index is 12.3. The summed E-state index contributed by atoms with van der Waals surface area (Å²) in [6.07, 6.45) is -3.35. The van der Waals surface area contributed by atoms with Crippen molar-refractivity contribution in [3.63, 3.8) is 0 Å². The molecule has 1 atom stereocenters. The highest BCUT2D eigenvalue weighted by molar-refractivity contribution is 5.27. The first-order valence-electron chi connectivity index (χ1n) is 4.82. The molecule has 0 aliphatic carbocycles. The second kappa shape index (κ2) is 3.85. The van der Waals surface area contributed by atoms with Crippen LogP contribution in [-0.4, -0.2) is 13.2 Å². The fourth-order valence-corrected chi connectivity index (χ4v) is 1.74. The topological polar surface area (TPSA) is 9.23 Å². The van der Waals surface area contributed by atoms with E-state index in [1.165, 1.54) is 0 Å². The van der Waals surface area contributed by atoms with Crippen molar-refractivity contribution in [2.75, 3.05) is 13.2 Å². The summed E-state index contributed by atoms with van der Waals surface area (Å²) in [5, 5.41) is 0. The summed E-state index contributed by atoms with van der Waals surface area (Å²) >= 11 is 0. The molecule has 2 rings (SSSR count). The predicted molar refractivity (Wildman–Crippen MR) is 49.6 cm³/mol. The first-order chi connectivity index (χ1) is 7.07. The van der Waals surface area contributed by atoms with Gasteiger partial charge in [-0.25, -0.2) is 0 Å². The lowest BCUT2D eigenvalue weighted by atomic mass is 9.97. The maximum Gasteiger partial charge on any atom is 0.416 e. The van der Waals surface area contributed by atoms with E-state index in [1.54, 1.807) is 12.1 Å². The van der Waals surface area contributed by atoms with Gasteiger partial charge in [0, 0.05) is 12.5 Å². The van der Waals surface area contributed by atoms with E-state index >= 15 is 0 Å². The third kappa shape index (κ3) is 2.31. The Hall–Kier alpha value is -1.03. The van der Waals surface area contributed by atoms with Gasteiger partial charge < -0.3 is 4.74 Å². The van der Waals surface area contributed by atoms with Crippen LogP contribution in [0.3, 0.4) is 0 Å². The van der Waals surface area contributed by atoms with Crippen molar-refractivity contribution in [1.29, 1.82) is 0 Å². The second-order valence-electron chi connectivity index (χ2n) is 3.68. The van der Waals surface area contributed by atoms with Crippen LogP contribution in [0.5, 0.6) is 0 Å². The van der Waals surface area contributed by atoms with Crippen molar-refractivity contribution in [1.82, 2.24) is 0 Å². The van der Waals surface area contributed by atoms with Gasteiger partial charge >= 0.3 is 6.18 Å². The lowest BCUT2D eigenvalue weighted by Crippen LogP contribution is -2.05. The van der Waals surface area contributed by atoms with E-state index < -0.39 is 11.7 Å². The summed E-state index contributed by atoms with van der Waals surface area (Å²) in [6.45, 7) is 1.32. The van der Waals surface area contributed by atoms with E-state index in [2.05, 4.69) is 0 Å². The number of alkyl halides is 3. The van der Waals surface area contributed by atoms with Crippen LogP contribution in [0.15, 0.2) is 24.3 Å². The van der Waals surface area contributed by atoms with Crippen molar-refractivity contribution in [2.24, 2.45) is 0 Å². The van der Waals surface area contributed by atoms with Gasteiger partial charge in [0.1, 0.15) is 0 Å². The Morgan fingerprint density at radius 3 is 2.27 bits per heavy atom. The van der Waals surface area contributed by atoms with Crippen molar-refractivity contribution in [3.05, 3.63) is 35.4 Å². The van der Waals surface area contributed by atoms with Crippen LogP contribution < -0.4 is 0 Å². The quantitative estimate of drug-likeness (QED) is 0.700. The highest BCUT2D eigenvalue weighted by atomic mass is 19.4. The number of rotatable bonds is 1. The Morgan fingerprint density at radius 2 is 1.80 bits per heavy atom. The molecule has 0 N–H and O–H groups in total. The molecule has 0 radical (unpaired) electrons. The molecule has 0 saturated carbocycles. The zero-order valence-electron chi connectivity index (χ0n) is 8.05. The molecule has 1 heterocycles. The summed E-state index contributed by atoms with van der Waals surface area (Å²) < 4.78 is 42.0. The van der Waals surface area contributed by atoms with Crippen LogP contribution in [0.4, 0.5) is 13.2 Å². The van der Waals surface area contributed by atoms with Gasteiger partial charge in [0.05, 0.1) is 12.2 Å². The molecule has 1 aliphatic heterocycles. The van der Waals surface area contributed by atoms with Gasteiger partial charge in [-0.1, -0.05) is 12.1 Å². The number of hydrogen-bond donors (Lipinski definition) is 0. The predicted octanol–water partition coefficient (Wildman–Crippen LogP) is 3.21. The van der Waals surface area contributed by atoms with Gasteiger partial charge in [0.15, 0.2) is 0 Å². The minimum Gasteiger partial charge on any atom is -0.381 e. The van der Waals surface area contributed by atoms with Crippen LogP contribution in [0, 0.1) is 0 Å². The van der Waals surface area contributed by atoms with Gasteiger partial charge in [-0.15, -0.1) is 0 Å². The molecule has 1 aromatic rings. The van der Waals surface area contributed by atoms with Crippen LogP contribution in [0.25, 0.3) is 0 Å². The number of halogens is 3. The third-order valence-electron chi connectivity index (χ3n) is 2.64. The standard InChI is InChI=1S/C11H11F3O/c12-11(13,14)10-3-1-8(2-4-10)9-5-6-15-7-9/h1-4,9H,5-7H2/t9-/m0/s1. The molecule has 0 amide bonds. The molecular formula is C11H11F3O. The SMILES string of the molecule is FC(F)(F)c1ccc([C@H]2CCOC2)cc1. The Kier molecular flexibility index (Phi) is 2.69. The lowest BCUT2D eigenvalue weighted by Gasteiger charge is -2.10. The van der Waals surface area contributed by atoms with Gasteiger partial charge in [-0.05, 0) is 24.1 Å². The summed E-state index contributed by atoms with van der Waals surface area (Å²) in [6, 6.07) is 5.35. The van der Waals surface area contributed by atoms with Crippen LogP contribution in [0.2, 0.25) is 0 Å². The van der Waals surface area contributed by atoms with Crippen LogP contribution in [0.1, 0.15) is 23.5 Å². The molecule has 4 heteroatoms.